The Morgan fingerprint density at radius 1 is 0.788 bits per heavy atom. The van der Waals surface area contributed by atoms with Crippen LogP contribution in [0.1, 0.15) is 64.7 Å². The number of carbonyl (C=O) groups is 2. The highest BCUT2D eigenvalue weighted by molar-refractivity contribution is 5.87. The summed E-state index contributed by atoms with van der Waals surface area (Å²) in [6.07, 6.45) is 11.3. The molecule has 8 rings (SSSR count). The molecule has 0 spiro atoms. The smallest absolute Gasteiger partial charge is 0.333 e. The third-order valence-corrected chi connectivity index (χ3v) is 11.3. The van der Waals surface area contributed by atoms with Gasteiger partial charge in [-0.15, -0.1) is 0 Å². The van der Waals surface area contributed by atoms with E-state index in [4.69, 9.17) is 14.2 Å². The molecular formula is C28H38O5. The molecular weight excluding hydrogens is 416 g/mol. The van der Waals surface area contributed by atoms with Gasteiger partial charge in [0, 0.05) is 5.57 Å². The van der Waals surface area contributed by atoms with Crippen LogP contribution in [0, 0.1) is 65.1 Å². The second-order valence-corrected chi connectivity index (χ2v) is 12.9. The van der Waals surface area contributed by atoms with Crippen LogP contribution in [-0.2, 0) is 23.8 Å². The standard InChI is InChI=1S/C28H38O5/c1-13(2)27(29)33-23-11-17-10-22(23)25-20-8-16(24(17)25)9-21(20)28(30)32-12-31-26-18-4-14-3-15(6-18)7-19(26)5-14/h14-26H,1,3-12H2,2H3. The van der Waals surface area contributed by atoms with Crippen molar-refractivity contribution < 1.29 is 23.8 Å². The third-order valence-electron chi connectivity index (χ3n) is 11.3. The summed E-state index contributed by atoms with van der Waals surface area (Å²) in [5.41, 5.74) is 0.475. The zero-order valence-electron chi connectivity index (χ0n) is 19.8. The van der Waals surface area contributed by atoms with Crippen LogP contribution in [0.3, 0.4) is 0 Å². The molecule has 8 bridgehead atoms. The average Bonchev–Trinajstić information content (AvgIpc) is 3.53. The Morgan fingerprint density at radius 3 is 2.15 bits per heavy atom. The number of hydrogen-bond acceptors (Lipinski definition) is 5. The molecule has 0 aromatic carbocycles. The fourth-order valence-electron chi connectivity index (χ4n) is 10.6. The van der Waals surface area contributed by atoms with E-state index in [0.717, 1.165) is 43.4 Å². The van der Waals surface area contributed by atoms with E-state index in [9.17, 15) is 9.59 Å². The molecule has 8 aliphatic carbocycles. The third kappa shape index (κ3) is 3.20. The first-order chi connectivity index (χ1) is 16.0. The van der Waals surface area contributed by atoms with Crippen LogP contribution in [0.25, 0.3) is 0 Å². The molecule has 0 heterocycles. The lowest BCUT2D eigenvalue weighted by atomic mass is 9.55. The molecule has 0 radical (unpaired) electrons. The molecule has 5 nitrogen and oxygen atoms in total. The largest absolute Gasteiger partial charge is 0.459 e. The maximum Gasteiger partial charge on any atom is 0.333 e. The van der Waals surface area contributed by atoms with Crippen molar-refractivity contribution in [3.63, 3.8) is 0 Å². The molecule has 8 atom stereocenters. The normalized spacial score (nSPS) is 52.2. The van der Waals surface area contributed by atoms with E-state index in [1.807, 2.05) is 0 Å². The van der Waals surface area contributed by atoms with E-state index in [0.29, 0.717) is 53.1 Å². The van der Waals surface area contributed by atoms with Gasteiger partial charge in [0.25, 0.3) is 0 Å². The Bertz CT molecular complexity index is 836. The van der Waals surface area contributed by atoms with Crippen molar-refractivity contribution in [1.29, 1.82) is 0 Å². The highest BCUT2D eigenvalue weighted by Crippen LogP contribution is 2.69. The van der Waals surface area contributed by atoms with Gasteiger partial charge in [-0.3, -0.25) is 4.79 Å². The Balaban J connectivity index is 0.959. The van der Waals surface area contributed by atoms with Crippen molar-refractivity contribution >= 4 is 11.9 Å². The first kappa shape index (κ1) is 21.0. The highest BCUT2D eigenvalue weighted by atomic mass is 16.7. The van der Waals surface area contributed by atoms with Gasteiger partial charge in [0.05, 0.1) is 12.0 Å². The maximum absolute atomic E-state index is 13.1. The molecule has 8 saturated carbocycles. The van der Waals surface area contributed by atoms with Gasteiger partial charge in [-0.2, -0.15) is 0 Å². The minimum absolute atomic E-state index is 0.00944. The van der Waals surface area contributed by atoms with Crippen molar-refractivity contribution in [3.8, 4) is 0 Å². The van der Waals surface area contributed by atoms with Crippen LogP contribution in [0.2, 0.25) is 0 Å². The Hall–Kier alpha value is -1.36. The van der Waals surface area contributed by atoms with E-state index in [-0.39, 0.29) is 30.8 Å². The fourth-order valence-corrected chi connectivity index (χ4v) is 10.6. The van der Waals surface area contributed by atoms with Gasteiger partial charge in [-0.1, -0.05) is 6.58 Å². The van der Waals surface area contributed by atoms with Crippen molar-refractivity contribution in [3.05, 3.63) is 12.2 Å². The number of fused-ring (bicyclic) bond motifs is 9. The summed E-state index contributed by atoms with van der Waals surface area (Å²) in [6, 6.07) is 0. The number of hydrogen-bond donors (Lipinski definition) is 0. The molecule has 0 amide bonds. The summed E-state index contributed by atoms with van der Waals surface area (Å²) < 4.78 is 17.8. The predicted molar refractivity (Wildman–Crippen MR) is 120 cm³/mol. The molecule has 0 saturated heterocycles. The van der Waals surface area contributed by atoms with E-state index in [1.54, 1.807) is 6.92 Å². The Morgan fingerprint density at radius 2 is 1.45 bits per heavy atom. The molecule has 8 aliphatic rings. The first-order valence-electron chi connectivity index (χ1n) is 13.6. The van der Waals surface area contributed by atoms with Crippen LogP contribution in [0.15, 0.2) is 12.2 Å². The zero-order chi connectivity index (χ0) is 22.4. The van der Waals surface area contributed by atoms with Crippen molar-refractivity contribution in [2.45, 2.75) is 76.9 Å². The van der Waals surface area contributed by atoms with Crippen LogP contribution in [0.5, 0.6) is 0 Å². The molecule has 8 unspecified atom stereocenters. The SMILES string of the molecule is C=C(C)C(=O)OC1CC2CC1C1C3CC(CC3C(=O)OCOC3C4CC5CC(C4)CC3C5)C21. The summed E-state index contributed by atoms with van der Waals surface area (Å²) in [4.78, 5) is 25.3. The molecule has 0 N–H and O–H groups in total. The number of esters is 2. The maximum atomic E-state index is 13.1. The summed E-state index contributed by atoms with van der Waals surface area (Å²) in [6.45, 7) is 5.59. The number of carbonyl (C=O) groups excluding carboxylic acids is 2. The van der Waals surface area contributed by atoms with Gasteiger partial charge in [0.2, 0.25) is 0 Å². The molecule has 8 fully saturated rings. The van der Waals surface area contributed by atoms with Crippen LogP contribution in [0.4, 0.5) is 0 Å². The molecule has 0 aromatic heterocycles. The Kier molecular flexibility index (Phi) is 4.81. The molecule has 0 aliphatic heterocycles. The summed E-state index contributed by atoms with van der Waals surface area (Å²) in [5.74, 6) is 6.32. The van der Waals surface area contributed by atoms with Gasteiger partial charge in [-0.05, 0) is 124 Å². The first-order valence-corrected chi connectivity index (χ1v) is 13.6. The minimum atomic E-state index is -0.259. The number of rotatable bonds is 6. The van der Waals surface area contributed by atoms with Gasteiger partial charge in [0.15, 0.2) is 6.79 Å². The molecule has 5 heteroatoms. The summed E-state index contributed by atoms with van der Waals surface area (Å²) in [5, 5.41) is 0. The van der Waals surface area contributed by atoms with Crippen LogP contribution in [-0.4, -0.2) is 30.9 Å². The lowest BCUT2D eigenvalue weighted by Crippen LogP contribution is -2.49. The van der Waals surface area contributed by atoms with E-state index >= 15 is 0 Å². The van der Waals surface area contributed by atoms with E-state index in [1.165, 1.54) is 32.1 Å². The zero-order valence-corrected chi connectivity index (χ0v) is 19.8. The molecule has 33 heavy (non-hydrogen) atoms. The van der Waals surface area contributed by atoms with Gasteiger partial charge < -0.3 is 14.2 Å². The summed E-state index contributed by atoms with van der Waals surface area (Å²) in [7, 11) is 0. The van der Waals surface area contributed by atoms with Crippen LogP contribution < -0.4 is 0 Å². The fraction of sp³-hybridized carbons (Fsp3) is 0.857. The summed E-state index contributed by atoms with van der Waals surface area (Å²) >= 11 is 0. The van der Waals surface area contributed by atoms with Crippen molar-refractivity contribution in [2.75, 3.05) is 6.79 Å². The Labute approximate surface area is 197 Å². The average molecular weight is 455 g/mol. The van der Waals surface area contributed by atoms with Crippen LogP contribution >= 0.6 is 0 Å². The van der Waals surface area contributed by atoms with E-state index < -0.39 is 0 Å². The quantitative estimate of drug-likeness (QED) is 0.251. The van der Waals surface area contributed by atoms with E-state index in [2.05, 4.69) is 6.58 Å². The minimum Gasteiger partial charge on any atom is -0.459 e. The number of ether oxygens (including phenoxy) is 3. The second kappa shape index (κ2) is 7.57. The predicted octanol–water partition coefficient (Wildman–Crippen LogP) is 4.74. The lowest BCUT2D eigenvalue weighted by molar-refractivity contribution is -0.192. The topological polar surface area (TPSA) is 61.8 Å². The van der Waals surface area contributed by atoms with Gasteiger partial charge in [0.1, 0.15) is 6.10 Å². The lowest BCUT2D eigenvalue weighted by Gasteiger charge is -2.53. The molecule has 0 aromatic rings. The van der Waals surface area contributed by atoms with Crippen molar-refractivity contribution in [2.24, 2.45) is 65.1 Å². The van der Waals surface area contributed by atoms with Crippen molar-refractivity contribution in [1.82, 2.24) is 0 Å². The molecule has 180 valence electrons. The van der Waals surface area contributed by atoms with Gasteiger partial charge >= 0.3 is 11.9 Å². The monoisotopic (exact) mass is 454 g/mol. The van der Waals surface area contributed by atoms with Gasteiger partial charge in [-0.25, -0.2) is 4.79 Å². The second-order valence-electron chi connectivity index (χ2n) is 12.9. The highest BCUT2D eigenvalue weighted by Gasteiger charge is 2.66.